The largest absolute Gasteiger partial charge is 0.434 e. The molecule has 0 saturated carbocycles. The molecule has 0 aliphatic rings. The molecule has 8 nitrogen and oxygen atoms in total. The summed E-state index contributed by atoms with van der Waals surface area (Å²) < 4.78 is 25.1. The number of benzene rings is 2. The van der Waals surface area contributed by atoms with Gasteiger partial charge in [-0.15, -0.1) is 0 Å². The van der Waals surface area contributed by atoms with E-state index in [-0.39, 0.29) is 29.4 Å². The van der Waals surface area contributed by atoms with Crippen molar-refractivity contribution in [1.29, 1.82) is 0 Å². The maximum Gasteiger partial charge on any atom is 0.282 e. The second-order valence-electron chi connectivity index (χ2n) is 7.81. The molecule has 3 aromatic heterocycles. The number of hydrogen-bond donors (Lipinski definition) is 0. The molecule has 0 unspecified atom stereocenters. The number of hydrogen-bond acceptors (Lipinski definition) is 5. The Morgan fingerprint density at radius 3 is 2.65 bits per heavy atom. The van der Waals surface area contributed by atoms with E-state index in [9.17, 15) is 14.0 Å². The van der Waals surface area contributed by atoms with Crippen LogP contribution in [0.1, 0.15) is 21.6 Å². The molecule has 9 heteroatoms. The quantitative estimate of drug-likeness (QED) is 0.362. The molecule has 34 heavy (non-hydrogen) atoms. The molecule has 0 amide bonds. The number of fused-ring (bicyclic) bond motifs is 1. The summed E-state index contributed by atoms with van der Waals surface area (Å²) in [5, 5.41) is 4.05. The van der Waals surface area contributed by atoms with Crippen LogP contribution < -0.4 is 10.3 Å². The molecule has 170 valence electrons. The fraction of sp³-hybridized carbons (Fsp3) is 0.120. The molecule has 5 rings (SSSR count). The van der Waals surface area contributed by atoms with E-state index in [1.54, 1.807) is 59.7 Å². The second-order valence-corrected chi connectivity index (χ2v) is 7.81. The van der Waals surface area contributed by atoms with Gasteiger partial charge in [0.1, 0.15) is 17.4 Å². The summed E-state index contributed by atoms with van der Waals surface area (Å²) in [6, 6.07) is 16.9. The Balaban J connectivity index is 1.40. The average molecular weight is 457 g/mol. The Morgan fingerprint density at radius 2 is 1.88 bits per heavy atom. The van der Waals surface area contributed by atoms with E-state index in [4.69, 9.17) is 4.74 Å². The lowest BCUT2D eigenvalue weighted by Crippen LogP contribution is -2.23. The highest BCUT2D eigenvalue weighted by atomic mass is 19.1. The van der Waals surface area contributed by atoms with E-state index in [1.165, 1.54) is 23.1 Å². The Hall–Kier alpha value is -4.53. The van der Waals surface area contributed by atoms with Gasteiger partial charge in [0.2, 0.25) is 5.88 Å². The predicted octanol–water partition coefficient (Wildman–Crippen LogP) is 3.88. The van der Waals surface area contributed by atoms with E-state index in [0.717, 1.165) is 0 Å². The number of nitrogens with zero attached hydrogens (tertiary/aromatic N) is 5. The average Bonchev–Trinajstić information content (AvgIpc) is 3.39. The maximum absolute atomic E-state index is 14.8. The first-order chi connectivity index (χ1) is 16.4. The zero-order valence-corrected chi connectivity index (χ0v) is 18.5. The van der Waals surface area contributed by atoms with Gasteiger partial charge in [-0.3, -0.25) is 14.3 Å². The van der Waals surface area contributed by atoms with Gasteiger partial charge in [-0.2, -0.15) is 10.1 Å². The molecule has 0 aliphatic heterocycles. The monoisotopic (exact) mass is 457 g/mol. The fourth-order valence-corrected chi connectivity index (χ4v) is 3.93. The lowest BCUT2D eigenvalue weighted by Gasteiger charge is -2.08. The number of carbonyl (C=O) groups excluding carboxylic acids is 1. The van der Waals surface area contributed by atoms with Crippen molar-refractivity contribution in [3.05, 3.63) is 106 Å². The maximum atomic E-state index is 14.8. The molecule has 0 aliphatic carbocycles. The highest BCUT2D eigenvalue weighted by molar-refractivity contribution is 5.98. The molecule has 5 aromatic rings. The normalized spacial score (nSPS) is 11.1. The van der Waals surface area contributed by atoms with Crippen LogP contribution >= 0.6 is 0 Å². The molecular formula is C25H20FN5O3. The molecule has 0 radical (unpaired) electrons. The van der Waals surface area contributed by atoms with Crippen molar-refractivity contribution in [3.8, 4) is 17.3 Å². The topological polar surface area (TPSA) is 83.4 Å². The number of rotatable bonds is 6. The van der Waals surface area contributed by atoms with Crippen molar-refractivity contribution in [2.24, 2.45) is 7.05 Å². The van der Waals surface area contributed by atoms with Gasteiger partial charge in [-0.1, -0.05) is 24.3 Å². The lowest BCUT2D eigenvalue weighted by molar-refractivity contribution is 0.0991. The molecule has 0 N–H and O–H groups in total. The summed E-state index contributed by atoms with van der Waals surface area (Å²) in [7, 11) is 1.72. The zero-order valence-electron chi connectivity index (χ0n) is 18.5. The zero-order chi connectivity index (χ0) is 23.8. The van der Waals surface area contributed by atoms with Crippen molar-refractivity contribution in [3.63, 3.8) is 0 Å². The smallest absolute Gasteiger partial charge is 0.282 e. The van der Waals surface area contributed by atoms with Crippen molar-refractivity contribution >= 4 is 11.3 Å². The number of ether oxygens (including phenoxy) is 1. The minimum atomic E-state index is -0.639. The van der Waals surface area contributed by atoms with Crippen molar-refractivity contribution in [2.75, 3.05) is 0 Å². The minimum Gasteiger partial charge on any atom is -0.434 e. The van der Waals surface area contributed by atoms with E-state index in [1.807, 2.05) is 18.2 Å². The summed E-state index contributed by atoms with van der Waals surface area (Å²) in [4.78, 5) is 30.2. The predicted molar refractivity (Wildman–Crippen MR) is 123 cm³/mol. The standard InChI is InChI=1S/C25H20FN5O3/c1-16-23(25(33)31(29(16)2)18-7-4-3-5-8-18)21(32)14-17-10-11-22(19(26)13-17)34-24-20-9-6-12-30(20)28-15-27-24/h3-13,15H,14H2,1-2H3. The minimum absolute atomic E-state index is 0.0275. The SMILES string of the molecule is Cc1c(C(=O)Cc2ccc(Oc3ncnn4cccc34)c(F)c2)c(=O)n(-c2ccccc2)n1C. The van der Waals surface area contributed by atoms with Gasteiger partial charge in [-0.05, 0) is 48.9 Å². The van der Waals surface area contributed by atoms with E-state index in [2.05, 4.69) is 10.1 Å². The van der Waals surface area contributed by atoms with Crippen LogP contribution in [0, 0.1) is 12.7 Å². The first-order valence-electron chi connectivity index (χ1n) is 10.6. The van der Waals surface area contributed by atoms with Crippen LogP contribution in [0.5, 0.6) is 11.6 Å². The molecule has 3 heterocycles. The Bertz CT molecular complexity index is 1580. The second kappa shape index (κ2) is 8.43. The van der Waals surface area contributed by atoms with E-state index >= 15 is 0 Å². The Labute approximate surface area is 193 Å². The molecule has 0 saturated heterocycles. The van der Waals surface area contributed by atoms with Crippen molar-refractivity contribution in [1.82, 2.24) is 24.0 Å². The third-order valence-corrected chi connectivity index (χ3v) is 5.70. The van der Waals surface area contributed by atoms with Crippen molar-refractivity contribution in [2.45, 2.75) is 13.3 Å². The highest BCUT2D eigenvalue weighted by Crippen LogP contribution is 2.27. The van der Waals surface area contributed by atoms with Crippen molar-refractivity contribution < 1.29 is 13.9 Å². The number of carbonyl (C=O) groups is 1. The van der Waals surface area contributed by atoms with Crippen LogP contribution in [-0.4, -0.2) is 29.7 Å². The van der Waals surface area contributed by atoms with Gasteiger partial charge in [0.15, 0.2) is 17.3 Å². The van der Waals surface area contributed by atoms with Gasteiger partial charge in [-0.25, -0.2) is 13.6 Å². The summed E-state index contributed by atoms with van der Waals surface area (Å²) in [6.45, 7) is 1.72. The summed E-state index contributed by atoms with van der Waals surface area (Å²) in [5.74, 6) is -0.837. The molecule has 0 fully saturated rings. The van der Waals surface area contributed by atoms with Crippen LogP contribution in [0.4, 0.5) is 4.39 Å². The van der Waals surface area contributed by atoms with E-state index in [0.29, 0.717) is 22.5 Å². The van der Waals surface area contributed by atoms with Crippen LogP contribution in [0.15, 0.2) is 78.0 Å². The first-order valence-corrected chi connectivity index (χ1v) is 10.6. The van der Waals surface area contributed by atoms with Gasteiger partial charge in [0.25, 0.3) is 5.56 Å². The number of ketones is 1. The summed E-state index contributed by atoms with van der Waals surface area (Å²) in [6.07, 6.45) is 2.92. The van der Waals surface area contributed by atoms with Gasteiger partial charge in [0.05, 0.1) is 5.69 Å². The van der Waals surface area contributed by atoms with E-state index < -0.39 is 11.4 Å². The number of aromatic nitrogens is 5. The van der Waals surface area contributed by atoms with Crippen LogP contribution in [0.25, 0.3) is 11.2 Å². The van der Waals surface area contributed by atoms with Crippen LogP contribution in [0.2, 0.25) is 0 Å². The lowest BCUT2D eigenvalue weighted by atomic mass is 10.0. The highest BCUT2D eigenvalue weighted by Gasteiger charge is 2.22. The first kappa shape index (κ1) is 21.3. The summed E-state index contributed by atoms with van der Waals surface area (Å²) >= 11 is 0. The van der Waals surface area contributed by atoms with Crippen LogP contribution in [0.3, 0.4) is 0 Å². The molecule has 0 spiro atoms. The molecule has 0 bridgehead atoms. The molecular weight excluding hydrogens is 437 g/mol. The van der Waals surface area contributed by atoms with Gasteiger partial charge >= 0.3 is 0 Å². The Morgan fingerprint density at radius 1 is 1.09 bits per heavy atom. The third-order valence-electron chi connectivity index (χ3n) is 5.70. The third kappa shape index (κ3) is 3.66. The van der Waals surface area contributed by atoms with Crippen LogP contribution in [-0.2, 0) is 13.5 Å². The molecule has 0 atom stereocenters. The molecule has 2 aromatic carbocycles. The fourth-order valence-electron chi connectivity index (χ4n) is 3.93. The number of Topliss-reactive ketones (excluding diaryl/α,β-unsaturated/α-hetero) is 1. The van der Waals surface area contributed by atoms with Gasteiger partial charge < -0.3 is 4.74 Å². The van der Waals surface area contributed by atoms with Gasteiger partial charge in [0, 0.05) is 25.4 Å². The Kier molecular flexibility index (Phi) is 5.29. The number of para-hydroxylation sites is 1. The number of halogens is 1. The summed E-state index contributed by atoms with van der Waals surface area (Å²) in [5.41, 5.74) is 1.90.